The smallest absolute Gasteiger partial charge is 0.171 e. The summed E-state index contributed by atoms with van der Waals surface area (Å²) in [5, 5.41) is 0. The van der Waals surface area contributed by atoms with E-state index in [1.807, 2.05) is 0 Å². The predicted molar refractivity (Wildman–Crippen MR) is 83.5 cm³/mol. The van der Waals surface area contributed by atoms with Crippen LogP contribution >= 0.6 is 31.9 Å². The molecule has 0 spiro atoms. The van der Waals surface area contributed by atoms with E-state index in [9.17, 15) is 4.39 Å². The lowest BCUT2D eigenvalue weighted by atomic mass is 10.2. The van der Waals surface area contributed by atoms with Crippen LogP contribution in [0.5, 0.6) is 11.5 Å². The van der Waals surface area contributed by atoms with Gasteiger partial charge in [-0.05, 0) is 50.1 Å². The lowest BCUT2D eigenvalue weighted by Crippen LogP contribution is -2.01. The normalized spacial score (nSPS) is 10.4. The zero-order chi connectivity index (χ0) is 14.7. The predicted octanol–water partition coefficient (Wildman–Crippen LogP) is 4.52. The Morgan fingerprint density at radius 2 is 1.85 bits per heavy atom. The Morgan fingerprint density at radius 1 is 1.20 bits per heavy atom. The van der Waals surface area contributed by atoms with Gasteiger partial charge in [0, 0.05) is 11.3 Å². The third-order valence-electron chi connectivity index (χ3n) is 2.66. The summed E-state index contributed by atoms with van der Waals surface area (Å²) in [4.78, 5) is 0. The summed E-state index contributed by atoms with van der Waals surface area (Å²) >= 11 is 6.73. The van der Waals surface area contributed by atoms with Crippen LogP contribution in [0.25, 0.3) is 0 Å². The second-order valence-electron chi connectivity index (χ2n) is 4.04. The molecule has 0 aliphatic heterocycles. The number of rotatable bonds is 4. The Bertz CT molecular complexity index is 612. The number of ether oxygens (including phenoxy) is 2. The Morgan fingerprint density at radius 3 is 2.45 bits per heavy atom. The number of anilines is 1. The fourth-order valence-corrected chi connectivity index (χ4v) is 3.14. The quantitative estimate of drug-likeness (QED) is 0.762. The lowest BCUT2D eigenvalue weighted by Gasteiger charge is -2.12. The Labute approximate surface area is 133 Å². The zero-order valence-corrected chi connectivity index (χ0v) is 13.8. The van der Waals surface area contributed by atoms with Gasteiger partial charge in [0.15, 0.2) is 11.6 Å². The molecule has 2 rings (SSSR count). The molecule has 6 heteroatoms. The standard InChI is InChI=1S/C14H12Br2FNO2/c1-19-12-4-2-3-8(13(12)17)7-20-14-10(15)5-9(18)6-11(14)16/h2-6H,7,18H2,1H3. The van der Waals surface area contributed by atoms with Crippen LogP contribution < -0.4 is 15.2 Å². The first kappa shape index (κ1) is 15.1. The number of hydrogen-bond donors (Lipinski definition) is 1. The van der Waals surface area contributed by atoms with E-state index < -0.39 is 5.82 Å². The molecule has 0 saturated carbocycles. The zero-order valence-electron chi connectivity index (χ0n) is 10.6. The Hall–Kier alpha value is -1.27. The van der Waals surface area contributed by atoms with Crippen LogP contribution in [0.2, 0.25) is 0 Å². The molecule has 0 aromatic heterocycles. The summed E-state index contributed by atoms with van der Waals surface area (Å²) in [7, 11) is 1.43. The summed E-state index contributed by atoms with van der Waals surface area (Å²) < 4.78 is 26.0. The largest absolute Gasteiger partial charge is 0.494 e. The minimum Gasteiger partial charge on any atom is -0.494 e. The van der Waals surface area contributed by atoms with Crippen molar-refractivity contribution in [2.75, 3.05) is 12.8 Å². The van der Waals surface area contributed by atoms with Gasteiger partial charge < -0.3 is 15.2 Å². The van der Waals surface area contributed by atoms with Crippen LogP contribution in [0, 0.1) is 5.82 Å². The van der Waals surface area contributed by atoms with E-state index in [0.717, 1.165) is 0 Å². The monoisotopic (exact) mass is 403 g/mol. The van der Waals surface area contributed by atoms with Gasteiger partial charge in [-0.15, -0.1) is 0 Å². The third kappa shape index (κ3) is 3.24. The maximum Gasteiger partial charge on any atom is 0.171 e. The highest BCUT2D eigenvalue weighted by Gasteiger charge is 2.12. The van der Waals surface area contributed by atoms with E-state index in [0.29, 0.717) is 25.9 Å². The van der Waals surface area contributed by atoms with Crippen LogP contribution in [0.4, 0.5) is 10.1 Å². The molecule has 0 fully saturated rings. The second-order valence-corrected chi connectivity index (χ2v) is 5.74. The first-order valence-corrected chi connectivity index (χ1v) is 7.30. The maximum absolute atomic E-state index is 14.0. The average Bonchev–Trinajstić information content (AvgIpc) is 2.39. The summed E-state index contributed by atoms with van der Waals surface area (Å²) in [6.07, 6.45) is 0. The molecule has 0 atom stereocenters. The highest BCUT2D eigenvalue weighted by molar-refractivity contribution is 9.11. The number of nitrogen functional groups attached to an aromatic ring is 1. The Balaban J connectivity index is 2.21. The van der Waals surface area contributed by atoms with Crippen LogP contribution in [0.1, 0.15) is 5.56 Å². The maximum atomic E-state index is 14.0. The molecule has 0 radical (unpaired) electrons. The van der Waals surface area contributed by atoms with Crippen molar-refractivity contribution < 1.29 is 13.9 Å². The number of hydrogen-bond acceptors (Lipinski definition) is 3. The molecule has 0 amide bonds. The number of halogens is 3. The molecule has 0 bridgehead atoms. The highest BCUT2D eigenvalue weighted by Crippen LogP contribution is 2.36. The van der Waals surface area contributed by atoms with Crippen molar-refractivity contribution in [1.29, 1.82) is 0 Å². The number of nitrogens with two attached hydrogens (primary N) is 1. The molecule has 0 unspecified atom stereocenters. The van der Waals surface area contributed by atoms with E-state index in [2.05, 4.69) is 31.9 Å². The summed E-state index contributed by atoms with van der Waals surface area (Å²) in [5.41, 5.74) is 6.72. The summed E-state index contributed by atoms with van der Waals surface area (Å²) in [5.74, 6) is 0.348. The molecular formula is C14H12Br2FNO2. The van der Waals surface area contributed by atoms with Crippen molar-refractivity contribution in [3.05, 3.63) is 50.7 Å². The van der Waals surface area contributed by atoms with Gasteiger partial charge in [0.05, 0.1) is 16.1 Å². The molecule has 2 aromatic carbocycles. The van der Waals surface area contributed by atoms with Crippen molar-refractivity contribution >= 4 is 37.5 Å². The SMILES string of the molecule is COc1cccc(COc2c(Br)cc(N)cc2Br)c1F. The van der Waals surface area contributed by atoms with Gasteiger partial charge in [0.2, 0.25) is 0 Å². The molecule has 3 nitrogen and oxygen atoms in total. The van der Waals surface area contributed by atoms with E-state index in [1.165, 1.54) is 7.11 Å². The lowest BCUT2D eigenvalue weighted by molar-refractivity contribution is 0.292. The van der Waals surface area contributed by atoms with Gasteiger partial charge in [-0.2, -0.15) is 0 Å². The average molecular weight is 405 g/mol. The first-order valence-electron chi connectivity index (χ1n) is 5.71. The van der Waals surface area contributed by atoms with Crippen molar-refractivity contribution in [2.45, 2.75) is 6.61 Å². The van der Waals surface area contributed by atoms with Crippen LogP contribution in [0.3, 0.4) is 0 Å². The fourth-order valence-electron chi connectivity index (χ4n) is 1.69. The number of benzene rings is 2. The molecule has 0 aliphatic rings. The molecule has 106 valence electrons. The molecule has 2 aromatic rings. The minimum absolute atomic E-state index is 0.0875. The third-order valence-corrected chi connectivity index (χ3v) is 3.83. The molecular weight excluding hydrogens is 393 g/mol. The van der Waals surface area contributed by atoms with Gasteiger partial charge in [0.1, 0.15) is 12.4 Å². The fraction of sp³-hybridized carbons (Fsp3) is 0.143. The second kappa shape index (κ2) is 6.45. The van der Waals surface area contributed by atoms with Crippen LogP contribution in [-0.4, -0.2) is 7.11 Å². The highest BCUT2D eigenvalue weighted by atomic mass is 79.9. The summed E-state index contributed by atoms with van der Waals surface area (Å²) in [6, 6.07) is 8.38. The van der Waals surface area contributed by atoms with Gasteiger partial charge in [-0.1, -0.05) is 12.1 Å². The van der Waals surface area contributed by atoms with Gasteiger partial charge in [-0.3, -0.25) is 0 Å². The van der Waals surface area contributed by atoms with Crippen molar-refractivity contribution in [3.63, 3.8) is 0 Å². The van der Waals surface area contributed by atoms with Crippen LogP contribution in [-0.2, 0) is 6.61 Å². The van der Waals surface area contributed by atoms with Crippen molar-refractivity contribution in [1.82, 2.24) is 0 Å². The molecule has 0 saturated heterocycles. The van der Waals surface area contributed by atoms with E-state index in [-0.39, 0.29) is 12.4 Å². The van der Waals surface area contributed by atoms with Crippen LogP contribution in [0.15, 0.2) is 39.3 Å². The molecule has 0 aliphatic carbocycles. The van der Waals surface area contributed by atoms with Crippen molar-refractivity contribution in [2.24, 2.45) is 0 Å². The van der Waals surface area contributed by atoms with Crippen molar-refractivity contribution in [3.8, 4) is 11.5 Å². The van der Waals surface area contributed by atoms with Gasteiger partial charge in [0.25, 0.3) is 0 Å². The van der Waals surface area contributed by atoms with E-state index in [4.69, 9.17) is 15.2 Å². The number of methoxy groups -OCH3 is 1. The topological polar surface area (TPSA) is 44.5 Å². The van der Waals surface area contributed by atoms with Gasteiger partial charge >= 0.3 is 0 Å². The van der Waals surface area contributed by atoms with E-state index >= 15 is 0 Å². The molecule has 0 heterocycles. The molecule has 2 N–H and O–H groups in total. The van der Waals surface area contributed by atoms with Gasteiger partial charge in [-0.25, -0.2) is 4.39 Å². The van der Waals surface area contributed by atoms with E-state index in [1.54, 1.807) is 30.3 Å². The summed E-state index contributed by atoms with van der Waals surface area (Å²) in [6.45, 7) is 0.0875. The first-order chi connectivity index (χ1) is 9.52. The molecule has 20 heavy (non-hydrogen) atoms. The minimum atomic E-state index is -0.419. The Kier molecular flexibility index (Phi) is 4.88.